The Kier molecular flexibility index (Phi) is 4.48. The van der Waals surface area contributed by atoms with E-state index in [4.69, 9.17) is 34.8 Å². The van der Waals surface area contributed by atoms with E-state index >= 15 is 0 Å². The molecule has 2 nitrogen and oxygen atoms in total. The van der Waals surface area contributed by atoms with Crippen molar-refractivity contribution >= 4 is 46.2 Å². The predicted octanol–water partition coefficient (Wildman–Crippen LogP) is 4.77. The Morgan fingerprint density at radius 3 is 2.00 bits per heavy atom. The lowest BCUT2D eigenvalue weighted by molar-refractivity contribution is 0.653. The molecule has 2 aromatic carbocycles. The Morgan fingerprint density at radius 1 is 0.810 bits per heavy atom. The highest BCUT2D eigenvalue weighted by Crippen LogP contribution is 2.29. The Labute approximate surface area is 139 Å². The summed E-state index contributed by atoms with van der Waals surface area (Å²) in [6.45, 7) is 3.64. The van der Waals surface area contributed by atoms with Crippen molar-refractivity contribution in [2.24, 2.45) is 0 Å². The molecule has 0 atom stereocenters. The van der Waals surface area contributed by atoms with Gasteiger partial charge in [0.15, 0.2) is 0 Å². The fourth-order valence-electron chi connectivity index (χ4n) is 2.58. The maximum Gasteiger partial charge on any atom is 0.0639 e. The first-order valence-electron chi connectivity index (χ1n) is 6.76. The third kappa shape index (κ3) is 3.39. The molecule has 1 saturated heterocycles. The van der Waals surface area contributed by atoms with Gasteiger partial charge in [-0.15, -0.1) is 0 Å². The molecule has 1 heterocycles. The summed E-state index contributed by atoms with van der Waals surface area (Å²) >= 11 is 18.3. The molecular formula is C16H14Cl3N2. The van der Waals surface area contributed by atoms with Crippen LogP contribution in [0.25, 0.3) is 0 Å². The van der Waals surface area contributed by atoms with E-state index in [0.29, 0.717) is 10.0 Å². The van der Waals surface area contributed by atoms with Gasteiger partial charge >= 0.3 is 0 Å². The molecule has 5 heteroatoms. The van der Waals surface area contributed by atoms with Gasteiger partial charge < -0.3 is 9.80 Å². The number of halogens is 3. The Morgan fingerprint density at radius 2 is 1.38 bits per heavy atom. The van der Waals surface area contributed by atoms with Crippen molar-refractivity contribution in [3.63, 3.8) is 0 Å². The van der Waals surface area contributed by atoms with Crippen LogP contribution < -0.4 is 9.80 Å². The van der Waals surface area contributed by atoms with E-state index < -0.39 is 0 Å². The van der Waals surface area contributed by atoms with E-state index in [0.717, 1.165) is 42.6 Å². The Bertz CT molecular complexity index is 617. The molecule has 3 rings (SSSR count). The van der Waals surface area contributed by atoms with Crippen LogP contribution in [0.1, 0.15) is 0 Å². The van der Waals surface area contributed by atoms with Crippen LogP contribution in [-0.4, -0.2) is 26.2 Å². The van der Waals surface area contributed by atoms with Gasteiger partial charge in [-0.1, -0.05) is 46.9 Å². The molecule has 0 amide bonds. The van der Waals surface area contributed by atoms with Crippen molar-refractivity contribution < 1.29 is 0 Å². The SMILES string of the molecule is Clc1[c]c(Cl)cc(N2CCN(c3ccccc3Cl)CC2)c1. The van der Waals surface area contributed by atoms with Gasteiger partial charge in [-0.2, -0.15) is 0 Å². The van der Waals surface area contributed by atoms with Gasteiger partial charge in [0.2, 0.25) is 0 Å². The van der Waals surface area contributed by atoms with Crippen LogP contribution in [-0.2, 0) is 0 Å². The number of piperazine rings is 1. The van der Waals surface area contributed by atoms with Crippen LogP contribution in [0.3, 0.4) is 0 Å². The summed E-state index contributed by atoms with van der Waals surface area (Å²) in [5.41, 5.74) is 2.14. The molecular weight excluding hydrogens is 327 g/mol. The largest absolute Gasteiger partial charge is 0.368 e. The zero-order chi connectivity index (χ0) is 14.8. The van der Waals surface area contributed by atoms with Gasteiger partial charge in [0.05, 0.1) is 20.8 Å². The lowest BCUT2D eigenvalue weighted by Crippen LogP contribution is -2.46. The third-order valence-corrected chi connectivity index (χ3v) is 4.35. The first-order valence-corrected chi connectivity index (χ1v) is 7.90. The van der Waals surface area contributed by atoms with E-state index in [1.165, 1.54) is 0 Å². The molecule has 1 aliphatic rings. The molecule has 0 saturated carbocycles. The second kappa shape index (κ2) is 6.35. The van der Waals surface area contributed by atoms with Crippen LogP contribution in [0, 0.1) is 6.07 Å². The van der Waals surface area contributed by atoms with Crippen LogP contribution in [0.5, 0.6) is 0 Å². The van der Waals surface area contributed by atoms with Crippen molar-refractivity contribution in [3.05, 3.63) is 57.5 Å². The van der Waals surface area contributed by atoms with Crippen LogP contribution in [0.4, 0.5) is 11.4 Å². The molecule has 0 spiro atoms. The lowest BCUT2D eigenvalue weighted by Gasteiger charge is -2.37. The smallest absolute Gasteiger partial charge is 0.0639 e. The summed E-state index contributed by atoms with van der Waals surface area (Å²) in [7, 11) is 0. The second-order valence-electron chi connectivity index (χ2n) is 4.96. The normalized spacial score (nSPS) is 15.4. The van der Waals surface area contributed by atoms with Crippen molar-refractivity contribution in [2.45, 2.75) is 0 Å². The molecule has 1 fully saturated rings. The summed E-state index contributed by atoms with van der Waals surface area (Å²) in [4.78, 5) is 4.58. The third-order valence-electron chi connectivity index (χ3n) is 3.63. The molecule has 0 bridgehead atoms. The number of nitrogens with zero attached hydrogens (tertiary/aromatic N) is 2. The molecule has 21 heavy (non-hydrogen) atoms. The molecule has 0 N–H and O–H groups in total. The van der Waals surface area contributed by atoms with Gasteiger partial charge in [0, 0.05) is 37.9 Å². The Hall–Kier alpha value is -1.09. The van der Waals surface area contributed by atoms with E-state index in [-0.39, 0.29) is 0 Å². The fraction of sp³-hybridized carbons (Fsp3) is 0.250. The summed E-state index contributed by atoms with van der Waals surface area (Å²) in [5.74, 6) is 0. The van der Waals surface area contributed by atoms with Crippen molar-refractivity contribution in [2.75, 3.05) is 36.0 Å². The highest BCUT2D eigenvalue weighted by atomic mass is 35.5. The van der Waals surface area contributed by atoms with Gasteiger partial charge in [-0.05, 0) is 24.3 Å². The zero-order valence-electron chi connectivity index (χ0n) is 11.3. The number of hydrogen-bond donors (Lipinski definition) is 0. The van der Waals surface area contributed by atoms with Gasteiger partial charge in [0.25, 0.3) is 0 Å². The minimum atomic E-state index is 0.547. The summed E-state index contributed by atoms with van der Waals surface area (Å²) < 4.78 is 0. The van der Waals surface area contributed by atoms with E-state index in [9.17, 15) is 0 Å². The van der Waals surface area contributed by atoms with Crippen LogP contribution in [0.2, 0.25) is 15.1 Å². The van der Waals surface area contributed by atoms with Crippen molar-refractivity contribution in [1.29, 1.82) is 0 Å². The van der Waals surface area contributed by atoms with E-state index in [1.807, 2.05) is 30.3 Å². The molecule has 2 aromatic rings. The standard InChI is InChI=1S/C16H14Cl3N2/c17-12-9-13(18)11-14(10-12)20-5-7-21(8-6-20)16-4-2-1-3-15(16)19/h1-4,10-11H,5-8H2. The number of rotatable bonds is 2. The van der Waals surface area contributed by atoms with Crippen LogP contribution in [0.15, 0.2) is 36.4 Å². The van der Waals surface area contributed by atoms with Gasteiger partial charge in [0.1, 0.15) is 0 Å². The number of anilines is 2. The van der Waals surface area contributed by atoms with E-state index in [1.54, 1.807) is 0 Å². The lowest BCUT2D eigenvalue weighted by atomic mass is 10.2. The maximum atomic E-state index is 6.26. The molecule has 1 aliphatic heterocycles. The minimum Gasteiger partial charge on any atom is -0.368 e. The summed E-state index contributed by atoms with van der Waals surface area (Å²) in [5, 5.41) is 1.89. The molecule has 0 unspecified atom stereocenters. The quantitative estimate of drug-likeness (QED) is 0.776. The van der Waals surface area contributed by atoms with Gasteiger partial charge in [-0.25, -0.2) is 0 Å². The summed E-state index contributed by atoms with van der Waals surface area (Å²) in [6.07, 6.45) is 0. The van der Waals surface area contributed by atoms with Crippen molar-refractivity contribution in [3.8, 4) is 0 Å². The summed E-state index contributed by atoms with van der Waals surface area (Å²) in [6, 6.07) is 14.6. The minimum absolute atomic E-state index is 0.547. The predicted molar refractivity (Wildman–Crippen MR) is 91.2 cm³/mol. The molecule has 109 valence electrons. The number of hydrogen-bond acceptors (Lipinski definition) is 2. The second-order valence-corrected chi connectivity index (χ2v) is 6.18. The van der Waals surface area contributed by atoms with Crippen LogP contribution >= 0.6 is 34.8 Å². The van der Waals surface area contributed by atoms with Gasteiger partial charge in [-0.3, -0.25) is 0 Å². The molecule has 1 radical (unpaired) electrons. The fourth-order valence-corrected chi connectivity index (χ4v) is 3.31. The number of benzene rings is 2. The average Bonchev–Trinajstić information content (AvgIpc) is 2.47. The first kappa shape index (κ1) is 14.8. The highest BCUT2D eigenvalue weighted by molar-refractivity contribution is 6.34. The topological polar surface area (TPSA) is 6.48 Å². The van der Waals surface area contributed by atoms with Crippen molar-refractivity contribution in [1.82, 2.24) is 0 Å². The highest BCUT2D eigenvalue weighted by Gasteiger charge is 2.19. The average molecular weight is 341 g/mol. The zero-order valence-corrected chi connectivity index (χ0v) is 13.6. The maximum absolute atomic E-state index is 6.26. The van der Waals surface area contributed by atoms with E-state index in [2.05, 4.69) is 21.9 Å². The number of para-hydroxylation sites is 1. The Balaban J connectivity index is 1.72. The monoisotopic (exact) mass is 339 g/mol. The molecule has 0 aliphatic carbocycles. The first-order chi connectivity index (χ1) is 10.1. The molecule has 0 aromatic heterocycles.